The monoisotopic (exact) mass is 327 g/mol. The smallest absolute Gasteiger partial charge is 0.0900 e. The summed E-state index contributed by atoms with van der Waals surface area (Å²) in [4.78, 5) is 2.17. The van der Waals surface area contributed by atoms with E-state index in [9.17, 15) is 10.2 Å². The highest BCUT2D eigenvalue weighted by Crippen LogP contribution is 2.20. The van der Waals surface area contributed by atoms with Gasteiger partial charge in [0.15, 0.2) is 0 Å². The Morgan fingerprint density at radius 2 is 2.05 bits per heavy atom. The molecule has 3 atom stereocenters. The molecule has 22 heavy (non-hydrogen) atoms. The van der Waals surface area contributed by atoms with Crippen LogP contribution in [0.3, 0.4) is 0 Å². The summed E-state index contributed by atoms with van der Waals surface area (Å²) in [6.07, 6.45) is 2.67. The second-order valence-corrected chi connectivity index (χ2v) is 6.44. The van der Waals surface area contributed by atoms with Gasteiger partial charge in [-0.1, -0.05) is 30.2 Å². The van der Waals surface area contributed by atoms with Crippen molar-refractivity contribution in [3.05, 3.63) is 34.9 Å². The highest BCUT2D eigenvalue weighted by Gasteiger charge is 2.24. The summed E-state index contributed by atoms with van der Waals surface area (Å²) in [7, 11) is 0. The molecule has 5 heteroatoms. The first kappa shape index (κ1) is 17.7. The van der Waals surface area contributed by atoms with E-state index in [1.54, 1.807) is 0 Å². The number of rotatable bonds is 7. The molecule has 2 rings (SSSR count). The number of hydrogen-bond donors (Lipinski definition) is 2. The lowest BCUT2D eigenvalue weighted by Gasteiger charge is -2.35. The van der Waals surface area contributed by atoms with Crippen LogP contribution in [0.5, 0.6) is 0 Å². The van der Waals surface area contributed by atoms with E-state index in [0.29, 0.717) is 18.2 Å². The van der Waals surface area contributed by atoms with E-state index in [1.165, 1.54) is 0 Å². The summed E-state index contributed by atoms with van der Waals surface area (Å²) in [5, 5.41) is 20.3. The van der Waals surface area contributed by atoms with Crippen LogP contribution in [0.15, 0.2) is 24.3 Å². The van der Waals surface area contributed by atoms with E-state index in [-0.39, 0.29) is 18.8 Å². The zero-order valence-corrected chi connectivity index (χ0v) is 13.9. The van der Waals surface area contributed by atoms with Crippen molar-refractivity contribution in [1.29, 1.82) is 0 Å². The van der Waals surface area contributed by atoms with Crippen molar-refractivity contribution in [2.24, 2.45) is 0 Å². The molecule has 1 aromatic rings. The second kappa shape index (κ2) is 8.85. The van der Waals surface area contributed by atoms with Crippen molar-refractivity contribution in [1.82, 2.24) is 4.90 Å². The zero-order valence-electron chi connectivity index (χ0n) is 13.1. The highest BCUT2D eigenvalue weighted by molar-refractivity contribution is 6.30. The van der Waals surface area contributed by atoms with Crippen molar-refractivity contribution >= 4 is 11.6 Å². The van der Waals surface area contributed by atoms with Gasteiger partial charge in [-0.15, -0.1) is 0 Å². The van der Waals surface area contributed by atoms with Gasteiger partial charge in [-0.25, -0.2) is 0 Å². The molecule has 2 unspecified atom stereocenters. The molecule has 0 amide bonds. The number of benzene rings is 1. The Morgan fingerprint density at radius 1 is 1.32 bits per heavy atom. The molecule has 0 radical (unpaired) electrons. The van der Waals surface area contributed by atoms with E-state index >= 15 is 0 Å². The third-order valence-corrected chi connectivity index (χ3v) is 4.54. The predicted molar refractivity (Wildman–Crippen MR) is 88.1 cm³/mol. The Bertz CT molecular complexity index is 440. The average molecular weight is 328 g/mol. The first-order chi connectivity index (χ1) is 10.6. The molecule has 0 aliphatic carbocycles. The Balaban J connectivity index is 1.76. The summed E-state index contributed by atoms with van der Waals surface area (Å²) >= 11 is 5.87. The minimum atomic E-state index is -0.540. The summed E-state index contributed by atoms with van der Waals surface area (Å²) in [6, 6.07) is 7.73. The largest absolute Gasteiger partial charge is 0.395 e. The van der Waals surface area contributed by atoms with Crippen LogP contribution in [0.1, 0.15) is 37.9 Å². The molecule has 1 aliphatic heterocycles. The van der Waals surface area contributed by atoms with Crippen molar-refractivity contribution in [3.63, 3.8) is 0 Å². The number of hydrogen-bond acceptors (Lipinski definition) is 4. The first-order valence-electron chi connectivity index (χ1n) is 8.00. The minimum absolute atomic E-state index is 0.0816. The van der Waals surface area contributed by atoms with Crippen LogP contribution in [-0.4, -0.2) is 53.6 Å². The number of aliphatic hydroxyl groups excluding tert-OH is 2. The van der Waals surface area contributed by atoms with Crippen LogP contribution < -0.4 is 0 Å². The third kappa shape index (κ3) is 5.21. The first-order valence-corrected chi connectivity index (χ1v) is 8.38. The van der Waals surface area contributed by atoms with Crippen LogP contribution in [0, 0.1) is 0 Å². The fourth-order valence-electron chi connectivity index (χ4n) is 2.92. The lowest BCUT2D eigenvalue weighted by molar-refractivity contribution is -0.0292. The van der Waals surface area contributed by atoms with E-state index in [4.69, 9.17) is 16.3 Å². The van der Waals surface area contributed by atoms with Crippen LogP contribution in [0.4, 0.5) is 0 Å². The van der Waals surface area contributed by atoms with Gasteiger partial charge in [0.05, 0.1) is 25.4 Å². The molecule has 1 aromatic carbocycles. The Kier molecular flexibility index (Phi) is 7.12. The van der Waals surface area contributed by atoms with Crippen LogP contribution >= 0.6 is 11.6 Å². The molecule has 1 heterocycles. The predicted octanol–water partition coefficient (Wildman–Crippen LogP) is 2.63. The summed E-state index contributed by atoms with van der Waals surface area (Å²) < 4.78 is 5.76. The van der Waals surface area contributed by atoms with Crippen molar-refractivity contribution in [2.75, 3.05) is 26.3 Å². The maximum atomic E-state index is 10.2. The van der Waals surface area contributed by atoms with Crippen molar-refractivity contribution in [3.8, 4) is 0 Å². The van der Waals surface area contributed by atoms with Crippen LogP contribution in [-0.2, 0) is 4.74 Å². The minimum Gasteiger partial charge on any atom is -0.395 e. The van der Waals surface area contributed by atoms with Crippen molar-refractivity contribution in [2.45, 2.75) is 44.4 Å². The standard InChI is InChI=1S/C17H26ClNO3/c1-13(14-5-7-15(18)8-6-14)22-12-17(21)10-19-9-3-2-4-16(19)11-20/h5-8,13,16-17,20-21H,2-4,9-12H2,1H3/t13?,16-,17?/m1/s1. The quantitative estimate of drug-likeness (QED) is 0.808. The SMILES string of the molecule is CC(OCC(O)CN1CCCC[C@@H]1CO)c1ccc(Cl)cc1. The fourth-order valence-corrected chi connectivity index (χ4v) is 3.04. The number of β-amino-alcohol motifs (C(OH)–C–C–N with tert-alkyl or cyclic N) is 1. The van der Waals surface area contributed by atoms with Crippen LogP contribution in [0.25, 0.3) is 0 Å². The average Bonchev–Trinajstić information content (AvgIpc) is 2.54. The molecule has 0 aromatic heterocycles. The van der Waals surface area contributed by atoms with Gasteiger partial charge < -0.3 is 14.9 Å². The van der Waals surface area contributed by atoms with Gasteiger partial charge in [-0.3, -0.25) is 4.90 Å². The van der Waals surface area contributed by atoms with Gasteiger partial charge in [0, 0.05) is 17.6 Å². The molecule has 124 valence electrons. The van der Waals surface area contributed by atoms with Gasteiger partial charge in [0.25, 0.3) is 0 Å². The molecule has 0 bridgehead atoms. The maximum absolute atomic E-state index is 10.2. The molecule has 0 saturated carbocycles. The summed E-state index contributed by atoms with van der Waals surface area (Å²) in [5.41, 5.74) is 1.04. The number of piperidine rings is 1. The van der Waals surface area contributed by atoms with Gasteiger partial charge in [0.2, 0.25) is 0 Å². The van der Waals surface area contributed by atoms with Gasteiger partial charge in [-0.05, 0) is 44.0 Å². The van der Waals surface area contributed by atoms with Gasteiger partial charge in [0.1, 0.15) is 0 Å². The van der Waals surface area contributed by atoms with Gasteiger partial charge >= 0.3 is 0 Å². The molecule has 2 N–H and O–H groups in total. The maximum Gasteiger partial charge on any atom is 0.0900 e. The Hall–Kier alpha value is -0.650. The number of nitrogens with zero attached hydrogens (tertiary/aromatic N) is 1. The highest BCUT2D eigenvalue weighted by atomic mass is 35.5. The second-order valence-electron chi connectivity index (χ2n) is 6.01. The number of ether oxygens (including phenoxy) is 1. The molecule has 0 spiro atoms. The normalized spacial score (nSPS) is 22.5. The topological polar surface area (TPSA) is 52.9 Å². The van der Waals surface area contributed by atoms with E-state index in [1.807, 2.05) is 31.2 Å². The lowest BCUT2D eigenvalue weighted by Crippen LogP contribution is -2.46. The molecule has 1 saturated heterocycles. The number of aliphatic hydroxyl groups is 2. The van der Waals surface area contributed by atoms with Crippen molar-refractivity contribution < 1.29 is 14.9 Å². The summed E-state index contributed by atoms with van der Waals surface area (Å²) in [6.45, 7) is 3.91. The zero-order chi connectivity index (χ0) is 15.9. The number of halogens is 1. The van der Waals surface area contributed by atoms with Crippen LogP contribution in [0.2, 0.25) is 5.02 Å². The lowest BCUT2D eigenvalue weighted by atomic mass is 10.0. The Morgan fingerprint density at radius 3 is 2.73 bits per heavy atom. The van der Waals surface area contributed by atoms with E-state index in [0.717, 1.165) is 31.4 Å². The summed E-state index contributed by atoms with van der Waals surface area (Å²) in [5.74, 6) is 0. The number of likely N-dealkylation sites (tertiary alicyclic amines) is 1. The van der Waals surface area contributed by atoms with E-state index in [2.05, 4.69) is 4.90 Å². The van der Waals surface area contributed by atoms with E-state index < -0.39 is 6.10 Å². The fraction of sp³-hybridized carbons (Fsp3) is 0.647. The molecule has 1 fully saturated rings. The Labute approximate surface area is 137 Å². The van der Waals surface area contributed by atoms with Gasteiger partial charge in [-0.2, -0.15) is 0 Å². The molecule has 4 nitrogen and oxygen atoms in total. The molecular weight excluding hydrogens is 302 g/mol. The third-order valence-electron chi connectivity index (χ3n) is 4.28. The molecular formula is C17H26ClNO3. The molecule has 1 aliphatic rings.